The highest BCUT2D eigenvalue weighted by molar-refractivity contribution is 7.98. The molecule has 0 heterocycles. The highest BCUT2D eigenvalue weighted by Crippen LogP contribution is 2.00. The van der Waals surface area contributed by atoms with Gasteiger partial charge in [0, 0.05) is 18.3 Å². The van der Waals surface area contributed by atoms with Crippen LogP contribution < -0.4 is 5.32 Å². The van der Waals surface area contributed by atoms with E-state index in [1.54, 1.807) is 0 Å². The predicted octanol–water partition coefficient (Wildman–Crippen LogP) is 2.52. The van der Waals surface area contributed by atoms with Crippen molar-refractivity contribution >= 4 is 11.8 Å². The summed E-state index contributed by atoms with van der Waals surface area (Å²) in [4.78, 5) is 0. The summed E-state index contributed by atoms with van der Waals surface area (Å²) in [5.74, 6) is 1.24. The van der Waals surface area contributed by atoms with Crippen LogP contribution in [-0.2, 0) is 0 Å². The third-order valence-corrected chi connectivity index (χ3v) is 2.48. The average molecular weight is 175 g/mol. The van der Waals surface area contributed by atoms with Crippen LogP contribution in [0.1, 0.15) is 33.1 Å². The monoisotopic (exact) mass is 175 g/mol. The molecule has 0 bridgehead atoms. The van der Waals surface area contributed by atoms with Crippen molar-refractivity contribution in [1.82, 2.24) is 5.32 Å². The van der Waals surface area contributed by atoms with Gasteiger partial charge in [-0.3, -0.25) is 0 Å². The van der Waals surface area contributed by atoms with Crippen LogP contribution in [-0.4, -0.2) is 24.6 Å². The van der Waals surface area contributed by atoms with E-state index in [4.69, 9.17) is 0 Å². The SMILES string of the molecule is CCCC(CC)NCCSC. The molecule has 0 spiro atoms. The van der Waals surface area contributed by atoms with Crippen molar-refractivity contribution in [3.05, 3.63) is 0 Å². The molecule has 0 aliphatic carbocycles. The molecule has 0 saturated heterocycles. The molecule has 0 aliphatic heterocycles. The van der Waals surface area contributed by atoms with Crippen LogP contribution in [0, 0.1) is 0 Å². The zero-order valence-corrected chi connectivity index (χ0v) is 8.84. The summed E-state index contributed by atoms with van der Waals surface area (Å²) in [6.45, 7) is 5.67. The van der Waals surface area contributed by atoms with Gasteiger partial charge in [-0.2, -0.15) is 11.8 Å². The molecule has 0 aromatic rings. The predicted molar refractivity (Wildman–Crippen MR) is 55.4 cm³/mol. The molecule has 0 aliphatic rings. The second-order valence-corrected chi connectivity index (χ2v) is 3.83. The Morgan fingerprint density at radius 2 is 2.09 bits per heavy atom. The van der Waals surface area contributed by atoms with Gasteiger partial charge in [0.25, 0.3) is 0 Å². The maximum atomic E-state index is 3.55. The average Bonchev–Trinajstić information content (AvgIpc) is 2.03. The molecule has 0 fully saturated rings. The van der Waals surface area contributed by atoms with Gasteiger partial charge >= 0.3 is 0 Å². The van der Waals surface area contributed by atoms with Gasteiger partial charge in [-0.1, -0.05) is 20.3 Å². The molecular formula is C9H21NS. The second-order valence-electron chi connectivity index (χ2n) is 2.84. The van der Waals surface area contributed by atoms with Gasteiger partial charge < -0.3 is 5.32 Å². The molecule has 0 saturated carbocycles. The van der Waals surface area contributed by atoms with E-state index in [-0.39, 0.29) is 0 Å². The minimum atomic E-state index is 0.757. The van der Waals surface area contributed by atoms with Crippen molar-refractivity contribution in [2.24, 2.45) is 0 Å². The third-order valence-electron chi connectivity index (χ3n) is 1.87. The van der Waals surface area contributed by atoms with Crippen LogP contribution in [0.3, 0.4) is 0 Å². The van der Waals surface area contributed by atoms with Gasteiger partial charge in [-0.05, 0) is 19.1 Å². The quantitative estimate of drug-likeness (QED) is 0.597. The molecule has 0 aromatic heterocycles. The van der Waals surface area contributed by atoms with Gasteiger partial charge in [-0.25, -0.2) is 0 Å². The lowest BCUT2D eigenvalue weighted by molar-refractivity contribution is 0.477. The lowest BCUT2D eigenvalue weighted by Gasteiger charge is -2.14. The summed E-state index contributed by atoms with van der Waals surface area (Å²) in [5, 5.41) is 3.55. The van der Waals surface area contributed by atoms with Gasteiger partial charge in [0.2, 0.25) is 0 Å². The second kappa shape index (κ2) is 8.41. The Morgan fingerprint density at radius 1 is 1.36 bits per heavy atom. The zero-order chi connectivity index (χ0) is 8.53. The molecule has 1 N–H and O–H groups in total. The number of nitrogens with one attached hydrogen (secondary N) is 1. The largest absolute Gasteiger partial charge is 0.313 e. The van der Waals surface area contributed by atoms with E-state index in [0.29, 0.717) is 0 Å². The molecule has 11 heavy (non-hydrogen) atoms. The molecule has 1 atom stereocenters. The van der Waals surface area contributed by atoms with Crippen LogP contribution in [0.4, 0.5) is 0 Å². The highest BCUT2D eigenvalue weighted by atomic mass is 32.2. The van der Waals surface area contributed by atoms with E-state index in [1.165, 1.54) is 31.6 Å². The summed E-state index contributed by atoms with van der Waals surface area (Å²) in [6, 6.07) is 0.757. The van der Waals surface area contributed by atoms with Crippen molar-refractivity contribution in [2.75, 3.05) is 18.6 Å². The Morgan fingerprint density at radius 3 is 2.55 bits per heavy atom. The molecule has 68 valence electrons. The maximum absolute atomic E-state index is 3.55. The molecule has 0 aromatic carbocycles. The maximum Gasteiger partial charge on any atom is 0.00646 e. The van der Waals surface area contributed by atoms with Crippen molar-refractivity contribution < 1.29 is 0 Å². The van der Waals surface area contributed by atoms with Crippen molar-refractivity contribution in [3.8, 4) is 0 Å². The Bertz CT molecular complexity index is 76.0. The minimum Gasteiger partial charge on any atom is -0.313 e. The van der Waals surface area contributed by atoms with Crippen molar-refractivity contribution in [1.29, 1.82) is 0 Å². The normalized spacial score (nSPS) is 13.4. The zero-order valence-electron chi connectivity index (χ0n) is 8.02. The molecule has 2 heteroatoms. The lowest BCUT2D eigenvalue weighted by Crippen LogP contribution is -2.30. The van der Waals surface area contributed by atoms with Gasteiger partial charge in [-0.15, -0.1) is 0 Å². The summed E-state index contributed by atoms with van der Waals surface area (Å²) < 4.78 is 0. The fourth-order valence-corrected chi connectivity index (χ4v) is 1.49. The van der Waals surface area contributed by atoms with E-state index < -0.39 is 0 Å². The Kier molecular flexibility index (Phi) is 8.64. The third kappa shape index (κ3) is 6.70. The first-order valence-corrected chi connectivity index (χ1v) is 5.96. The Labute approximate surface area is 75.3 Å². The lowest BCUT2D eigenvalue weighted by atomic mass is 10.1. The first kappa shape index (κ1) is 11.3. The van der Waals surface area contributed by atoms with Crippen molar-refractivity contribution in [3.63, 3.8) is 0 Å². The number of rotatable bonds is 7. The van der Waals surface area contributed by atoms with E-state index >= 15 is 0 Å². The number of thioether (sulfide) groups is 1. The van der Waals surface area contributed by atoms with E-state index in [1.807, 2.05) is 11.8 Å². The van der Waals surface area contributed by atoms with E-state index in [0.717, 1.165) is 6.04 Å². The van der Waals surface area contributed by atoms with Crippen LogP contribution in [0.5, 0.6) is 0 Å². The van der Waals surface area contributed by atoms with Gasteiger partial charge in [0.05, 0.1) is 0 Å². The Hall–Kier alpha value is 0.310. The smallest absolute Gasteiger partial charge is 0.00646 e. The highest BCUT2D eigenvalue weighted by Gasteiger charge is 2.01. The fourth-order valence-electron chi connectivity index (χ4n) is 1.16. The molecule has 1 unspecified atom stereocenters. The van der Waals surface area contributed by atoms with Gasteiger partial charge in [0.1, 0.15) is 0 Å². The standard InChI is InChI=1S/C9H21NS/c1-4-6-9(5-2)10-7-8-11-3/h9-10H,4-8H2,1-3H3. The number of hydrogen-bond donors (Lipinski definition) is 1. The summed E-state index contributed by atoms with van der Waals surface area (Å²) >= 11 is 1.91. The van der Waals surface area contributed by atoms with Crippen LogP contribution >= 0.6 is 11.8 Å². The summed E-state index contributed by atoms with van der Waals surface area (Å²) in [6.07, 6.45) is 6.04. The Balaban J connectivity index is 3.20. The molecule has 0 rings (SSSR count). The first-order chi connectivity index (χ1) is 5.35. The van der Waals surface area contributed by atoms with E-state index in [9.17, 15) is 0 Å². The molecule has 0 amide bonds. The van der Waals surface area contributed by atoms with Crippen molar-refractivity contribution in [2.45, 2.75) is 39.2 Å². The fraction of sp³-hybridized carbons (Fsp3) is 1.00. The molecule has 1 nitrogen and oxygen atoms in total. The number of hydrogen-bond acceptors (Lipinski definition) is 2. The summed E-state index contributed by atoms with van der Waals surface area (Å²) in [5.41, 5.74) is 0. The van der Waals surface area contributed by atoms with Crippen LogP contribution in [0.25, 0.3) is 0 Å². The molecule has 0 radical (unpaired) electrons. The minimum absolute atomic E-state index is 0.757. The summed E-state index contributed by atoms with van der Waals surface area (Å²) in [7, 11) is 0. The first-order valence-electron chi connectivity index (χ1n) is 4.57. The van der Waals surface area contributed by atoms with Crippen LogP contribution in [0.15, 0.2) is 0 Å². The van der Waals surface area contributed by atoms with Gasteiger partial charge in [0.15, 0.2) is 0 Å². The molecular weight excluding hydrogens is 154 g/mol. The van der Waals surface area contributed by atoms with Crippen LogP contribution in [0.2, 0.25) is 0 Å². The topological polar surface area (TPSA) is 12.0 Å². The van der Waals surface area contributed by atoms with E-state index in [2.05, 4.69) is 25.4 Å².